The van der Waals surface area contributed by atoms with Gasteiger partial charge in [0.05, 0.1) is 15.5 Å². The van der Waals surface area contributed by atoms with E-state index in [-0.39, 0.29) is 23.9 Å². The number of benzene rings is 4. The minimum atomic E-state index is -3.80. The first-order valence-electron chi connectivity index (χ1n) is 14.1. The highest BCUT2D eigenvalue weighted by Crippen LogP contribution is 2.37. The van der Waals surface area contributed by atoms with Crippen LogP contribution in [0, 0.1) is 5.92 Å². The average Bonchev–Trinajstić information content (AvgIpc) is 3.40. The molecule has 1 atom stereocenters. The van der Waals surface area contributed by atoms with E-state index < -0.39 is 10.0 Å². The Morgan fingerprint density at radius 1 is 0.952 bits per heavy atom. The minimum absolute atomic E-state index is 0.0392. The summed E-state index contributed by atoms with van der Waals surface area (Å²) in [5.74, 6) is 0.617. The second-order valence-electron chi connectivity index (χ2n) is 11.2. The SMILES string of the molecule is CC(C)C1C=Cc2c(Cc3ccc(C(=O)NCCNS(=O)(=O)c4cccc5c(N(C)C)cccc45)c(Cl)c3)cccc21. The van der Waals surface area contributed by atoms with Crippen molar-refractivity contribution in [1.82, 2.24) is 10.0 Å². The lowest BCUT2D eigenvalue weighted by Crippen LogP contribution is -2.34. The second-order valence-corrected chi connectivity index (χ2v) is 13.4. The summed E-state index contributed by atoms with van der Waals surface area (Å²) in [6, 6.07) is 22.8. The standard InChI is InChI=1S/C34H36ClN3O3S/c1-22(2)25-16-17-26-24(8-5-9-27(25)26)20-23-14-15-30(31(35)21-23)34(39)36-18-19-37-42(40,41)33-13-7-10-28-29(33)11-6-12-32(28)38(3)4/h5-17,21-22,25,37H,18-20H2,1-4H3,(H,36,39). The summed E-state index contributed by atoms with van der Waals surface area (Å²) in [7, 11) is 0.0436. The number of halogens is 1. The van der Waals surface area contributed by atoms with Gasteiger partial charge in [-0.2, -0.15) is 0 Å². The number of carbonyl (C=O) groups excluding carboxylic acids is 1. The van der Waals surface area contributed by atoms with E-state index in [1.54, 1.807) is 24.3 Å². The highest BCUT2D eigenvalue weighted by Gasteiger charge is 2.22. The van der Waals surface area contributed by atoms with Crippen molar-refractivity contribution in [2.45, 2.75) is 31.1 Å². The van der Waals surface area contributed by atoms with Crippen molar-refractivity contribution in [3.63, 3.8) is 0 Å². The largest absolute Gasteiger partial charge is 0.377 e. The number of nitrogens with zero attached hydrogens (tertiary/aromatic N) is 1. The van der Waals surface area contributed by atoms with Gasteiger partial charge < -0.3 is 10.2 Å². The molecule has 5 rings (SSSR count). The van der Waals surface area contributed by atoms with E-state index in [9.17, 15) is 13.2 Å². The van der Waals surface area contributed by atoms with E-state index in [0.29, 0.717) is 34.2 Å². The number of sulfonamides is 1. The zero-order chi connectivity index (χ0) is 30.0. The van der Waals surface area contributed by atoms with Crippen molar-refractivity contribution in [2.24, 2.45) is 5.92 Å². The van der Waals surface area contributed by atoms with Crippen LogP contribution in [0.4, 0.5) is 5.69 Å². The van der Waals surface area contributed by atoms with Crippen molar-refractivity contribution in [3.05, 3.63) is 112 Å². The number of amides is 1. The van der Waals surface area contributed by atoms with Gasteiger partial charge in [-0.25, -0.2) is 13.1 Å². The first-order chi connectivity index (χ1) is 20.1. The molecule has 8 heteroatoms. The van der Waals surface area contributed by atoms with Crippen molar-refractivity contribution in [2.75, 3.05) is 32.1 Å². The molecule has 0 heterocycles. The van der Waals surface area contributed by atoms with Crippen LogP contribution < -0.4 is 14.9 Å². The fraction of sp³-hybridized carbons (Fsp3) is 0.265. The smallest absolute Gasteiger partial charge is 0.252 e. The summed E-state index contributed by atoms with van der Waals surface area (Å²) >= 11 is 6.54. The van der Waals surface area contributed by atoms with Gasteiger partial charge in [0.25, 0.3) is 5.91 Å². The maximum absolute atomic E-state index is 13.1. The van der Waals surface area contributed by atoms with E-state index in [2.05, 4.69) is 54.2 Å². The summed E-state index contributed by atoms with van der Waals surface area (Å²) < 4.78 is 28.9. The molecular weight excluding hydrogens is 566 g/mol. The van der Waals surface area contributed by atoms with Crippen LogP contribution in [0.2, 0.25) is 5.02 Å². The minimum Gasteiger partial charge on any atom is -0.377 e. The average molecular weight is 602 g/mol. The van der Waals surface area contributed by atoms with Crippen LogP contribution >= 0.6 is 11.6 Å². The van der Waals surface area contributed by atoms with E-state index >= 15 is 0 Å². The molecule has 218 valence electrons. The zero-order valence-corrected chi connectivity index (χ0v) is 25.9. The highest BCUT2D eigenvalue weighted by atomic mass is 35.5. The van der Waals surface area contributed by atoms with E-state index in [1.165, 1.54) is 16.7 Å². The van der Waals surface area contributed by atoms with E-state index in [4.69, 9.17) is 11.6 Å². The number of carbonyl (C=O) groups is 1. The molecule has 42 heavy (non-hydrogen) atoms. The lowest BCUT2D eigenvalue weighted by Gasteiger charge is -2.17. The van der Waals surface area contributed by atoms with E-state index in [1.807, 2.05) is 49.3 Å². The molecule has 0 aromatic heterocycles. The van der Waals surface area contributed by atoms with Gasteiger partial charge in [-0.1, -0.05) is 86.1 Å². The number of fused-ring (bicyclic) bond motifs is 2. The number of hydrogen-bond donors (Lipinski definition) is 2. The van der Waals surface area contributed by atoms with Crippen LogP contribution in [-0.2, 0) is 16.4 Å². The second kappa shape index (κ2) is 12.3. The highest BCUT2D eigenvalue weighted by molar-refractivity contribution is 7.89. The third-order valence-electron chi connectivity index (χ3n) is 7.78. The van der Waals surface area contributed by atoms with E-state index in [0.717, 1.165) is 16.6 Å². The molecule has 0 spiro atoms. The molecule has 1 unspecified atom stereocenters. The predicted molar refractivity (Wildman–Crippen MR) is 173 cm³/mol. The van der Waals surface area contributed by atoms with Crippen LogP contribution in [0.25, 0.3) is 16.8 Å². The van der Waals surface area contributed by atoms with Gasteiger partial charge in [0.1, 0.15) is 0 Å². The van der Waals surface area contributed by atoms with Crippen LogP contribution in [0.5, 0.6) is 0 Å². The Bertz CT molecular complexity index is 1780. The molecule has 0 aliphatic heterocycles. The number of anilines is 1. The first-order valence-corrected chi connectivity index (χ1v) is 16.0. The molecular formula is C34H36ClN3O3S. The molecule has 0 fully saturated rings. The molecule has 1 aliphatic rings. The van der Waals surface area contributed by atoms with Crippen molar-refractivity contribution >= 4 is 50.1 Å². The van der Waals surface area contributed by atoms with Crippen LogP contribution in [0.1, 0.15) is 52.4 Å². The van der Waals surface area contributed by atoms with Gasteiger partial charge in [0, 0.05) is 49.6 Å². The maximum atomic E-state index is 13.1. The van der Waals surface area contributed by atoms with Crippen LogP contribution in [-0.4, -0.2) is 41.5 Å². The van der Waals surface area contributed by atoms with Gasteiger partial charge in [0.15, 0.2) is 0 Å². The predicted octanol–water partition coefficient (Wildman–Crippen LogP) is 6.62. The van der Waals surface area contributed by atoms with Crippen molar-refractivity contribution in [1.29, 1.82) is 0 Å². The van der Waals surface area contributed by atoms with Crippen LogP contribution in [0.15, 0.2) is 83.8 Å². The molecule has 4 aromatic carbocycles. The summed E-state index contributed by atoms with van der Waals surface area (Å²) in [6.07, 6.45) is 5.21. The van der Waals surface area contributed by atoms with Gasteiger partial charge in [-0.05, 0) is 58.9 Å². The third-order valence-corrected chi connectivity index (χ3v) is 9.62. The Hall–Kier alpha value is -3.65. The molecule has 2 N–H and O–H groups in total. The summed E-state index contributed by atoms with van der Waals surface area (Å²) in [5, 5.41) is 4.63. The lowest BCUT2D eigenvalue weighted by atomic mass is 9.88. The molecule has 1 aliphatic carbocycles. The number of nitrogens with one attached hydrogen (secondary N) is 2. The maximum Gasteiger partial charge on any atom is 0.252 e. The van der Waals surface area contributed by atoms with Crippen molar-refractivity contribution < 1.29 is 13.2 Å². The third kappa shape index (κ3) is 6.09. The Morgan fingerprint density at radius 3 is 2.43 bits per heavy atom. The van der Waals surface area contributed by atoms with Crippen LogP contribution in [0.3, 0.4) is 0 Å². The number of allylic oxidation sites excluding steroid dienone is 1. The summed E-state index contributed by atoms with van der Waals surface area (Å²) in [6.45, 7) is 4.63. The fourth-order valence-corrected chi connectivity index (χ4v) is 7.20. The lowest BCUT2D eigenvalue weighted by molar-refractivity contribution is 0.0954. The number of hydrogen-bond acceptors (Lipinski definition) is 4. The topological polar surface area (TPSA) is 78.5 Å². The molecule has 0 bridgehead atoms. The van der Waals surface area contributed by atoms with Gasteiger partial charge in [0.2, 0.25) is 10.0 Å². The monoisotopic (exact) mass is 601 g/mol. The summed E-state index contributed by atoms with van der Waals surface area (Å²) in [5.41, 5.74) is 6.18. The molecule has 4 aromatic rings. The Morgan fingerprint density at radius 2 is 1.69 bits per heavy atom. The quantitative estimate of drug-likeness (QED) is 0.200. The van der Waals surface area contributed by atoms with Crippen molar-refractivity contribution in [3.8, 4) is 0 Å². The fourth-order valence-electron chi connectivity index (χ4n) is 5.66. The van der Waals surface area contributed by atoms with Gasteiger partial charge in [-0.3, -0.25) is 4.79 Å². The normalized spacial score (nSPS) is 14.4. The summed E-state index contributed by atoms with van der Waals surface area (Å²) in [4.78, 5) is 15.0. The Kier molecular flexibility index (Phi) is 8.73. The molecule has 0 saturated heterocycles. The first kappa shape index (κ1) is 29.8. The molecule has 0 radical (unpaired) electrons. The molecule has 1 amide bonds. The molecule has 0 saturated carbocycles. The molecule has 6 nitrogen and oxygen atoms in total. The number of rotatable bonds is 10. The van der Waals surface area contributed by atoms with Gasteiger partial charge >= 0.3 is 0 Å². The Balaban J connectivity index is 1.21. The Labute approximate surface area is 253 Å². The zero-order valence-electron chi connectivity index (χ0n) is 24.3. The van der Waals surface area contributed by atoms with Gasteiger partial charge in [-0.15, -0.1) is 0 Å².